The molecule has 19 heavy (non-hydrogen) atoms. The van der Waals surface area contributed by atoms with Crippen LogP contribution in [0.25, 0.3) is 0 Å². The highest BCUT2D eigenvalue weighted by molar-refractivity contribution is 5.63. The Morgan fingerprint density at radius 2 is 1.84 bits per heavy atom. The van der Waals surface area contributed by atoms with Crippen LogP contribution in [0.3, 0.4) is 0 Å². The Hall–Kier alpha value is -1.38. The van der Waals surface area contributed by atoms with Crippen LogP contribution in [-0.4, -0.2) is 20.2 Å². The lowest BCUT2D eigenvalue weighted by Gasteiger charge is -2.52. The molecule has 3 nitrogen and oxygen atoms in total. The van der Waals surface area contributed by atoms with Crippen LogP contribution >= 0.6 is 0 Å². The molecule has 0 aromatic heterocycles. The molecule has 0 radical (unpaired) electrons. The molecule has 1 aliphatic rings. The van der Waals surface area contributed by atoms with Crippen LogP contribution in [0.1, 0.15) is 39.5 Å². The Balaban J connectivity index is 2.06. The van der Waals surface area contributed by atoms with Crippen LogP contribution in [0.5, 0.6) is 5.75 Å². The van der Waals surface area contributed by atoms with Crippen molar-refractivity contribution < 1.29 is 4.74 Å². The highest BCUT2D eigenvalue weighted by Gasteiger charge is 2.41. The molecular weight excluding hydrogens is 236 g/mol. The van der Waals surface area contributed by atoms with E-state index in [0.717, 1.165) is 5.75 Å². The molecular formula is C16H26N2O. The summed E-state index contributed by atoms with van der Waals surface area (Å²) in [5.74, 6) is 0.779. The van der Waals surface area contributed by atoms with Crippen LogP contribution in [0.15, 0.2) is 18.2 Å². The minimum atomic E-state index is 0.540. The summed E-state index contributed by atoms with van der Waals surface area (Å²) < 4.78 is 5.30. The summed E-state index contributed by atoms with van der Waals surface area (Å²) in [5, 5.41) is 0. The number of rotatable bonds is 6. The zero-order chi connectivity index (χ0) is 13.9. The zero-order valence-electron chi connectivity index (χ0n) is 12.4. The maximum atomic E-state index is 5.86. The summed E-state index contributed by atoms with van der Waals surface area (Å²) in [6.45, 7) is 6.90. The molecule has 0 amide bonds. The predicted molar refractivity (Wildman–Crippen MR) is 81.9 cm³/mol. The first-order valence-electron chi connectivity index (χ1n) is 7.32. The monoisotopic (exact) mass is 262 g/mol. The molecule has 0 atom stereocenters. The van der Waals surface area contributed by atoms with E-state index in [-0.39, 0.29) is 0 Å². The Bertz CT molecular complexity index is 417. The third-order valence-corrected chi connectivity index (χ3v) is 4.20. The number of benzene rings is 1. The quantitative estimate of drug-likeness (QED) is 0.795. The number of nitrogen functional groups attached to an aromatic ring is 1. The molecule has 1 aromatic carbocycles. The third-order valence-electron chi connectivity index (χ3n) is 4.20. The van der Waals surface area contributed by atoms with Gasteiger partial charge < -0.3 is 15.4 Å². The zero-order valence-corrected chi connectivity index (χ0v) is 12.4. The van der Waals surface area contributed by atoms with Gasteiger partial charge in [-0.3, -0.25) is 0 Å². The van der Waals surface area contributed by atoms with Gasteiger partial charge in [-0.2, -0.15) is 0 Å². The van der Waals surface area contributed by atoms with E-state index in [4.69, 9.17) is 10.5 Å². The summed E-state index contributed by atoms with van der Waals surface area (Å²) in [4.78, 5) is 2.44. The minimum absolute atomic E-state index is 0.540. The Morgan fingerprint density at radius 3 is 2.37 bits per heavy atom. The molecule has 2 N–H and O–H groups in total. The van der Waals surface area contributed by atoms with Crippen molar-refractivity contribution in [3.63, 3.8) is 0 Å². The molecule has 0 saturated carbocycles. The molecule has 1 heterocycles. The molecule has 0 unspecified atom stereocenters. The summed E-state index contributed by atoms with van der Waals surface area (Å²) in [6, 6.07) is 6.09. The van der Waals surface area contributed by atoms with E-state index in [1.165, 1.54) is 44.5 Å². The van der Waals surface area contributed by atoms with Crippen LogP contribution in [0.4, 0.5) is 11.4 Å². The van der Waals surface area contributed by atoms with Gasteiger partial charge in [-0.15, -0.1) is 0 Å². The van der Waals surface area contributed by atoms with Crippen LogP contribution in [0, 0.1) is 5.41 Å². The maximum Gasteiger partial charge on any atom is 0.143 e. The SMILES string of the molecule is CCCC1(CCC)CN(c2ccc(N)c(OC)c2)C1. The highest BCUT2D eigenvalue weighted by Crippen LogP contribution is 2.43. The van der Waals surface area contributed by atoms with Crippen molar-refractivity contribution in [2.24, 2.45) is 5.41 Å². The highest BCUT2D eigenvalue weighted by atomic mass is 16.5. The minimum Gasteiger partial charge on any atom is -0.495 e. The van der Waals surface area contributed by atoms with E-state index in [2.05, 4.69) is 30.9 Å². The summed E-state index contributed by atoms with van der Waals surface area (Å²) in [6.07, 6.45) is 5.23. The largest absolute Gasteiger partial charge is 0.495 e. The molecule has 1 fully saturated rings. The fourth-order valence-electron chi connectivity index (χ4n) is 3.34. The number of methoxy groups -OCH3 is 1. The normalized spacial score (nSPS) is 17.1. The second kappa shape index (κ2) is 5.72. The summed E-state index contributed by atoms with van der Waals surface area (Å²) in [5.41, 5.74) is 8.34. The smallest absolute Gasteiger partial charge is 0.143 e. The van der Waals surface area contributed by atoms with Gasteiger partial charge in [0.1, 0.15) is 5.75 Å². The molecule has 0 aliphatic carbocycles. The summed E-state index contributed by atoms with van der Waals surface area (Å²) in [7, 11) is 1.67. The summed E-state index contributed by atoms with van der Waals surface area (Å²) >= 11 is 0. The number of anilines is 2. The molecule has 0 spiro atoms. The van der Waals surface area contributed by atoms with Gasteiger partial charge in [-0.1, -0.05) is 26.7 Å². The molecule has 1 saturated heterocycles. The van der Waals surface area contributed by atoms with E-state index in [0.29, 0.717) is 11.1 Å². The van der Waals surface area contributed by atoms with E-state index in [1.54, 1.807) is 7.11 Å². The number of nitrogens with zero attached hydrogens (tertiary/aromatic N) is 1. The molecule has 0 bridgehead atoms. The van der Waals surface area contributed by atoms with Crippen molar-refractivity contribution in [1.29, 1.82) is 0 Å². The number of nitrogens with two attached hydrogens (primary N) is 1. The van der Waals surface area contributed by atoms with Gasteiger partial charge in [0.15, 0.2) is 0 Å². The first-order chi connectivity index (χ1) is 9.14. The van der Waals surface area contributed by atoms with Crippen molar-refractivity contribution >= 4 is 11.4 Å². The van der Waals surface area contributed by atoms with E-state index in [1.807, 2.05) is 6.07 Å². The third kappa shape index (κ3) is 2.80. The first-order valence-corrected chi connectivity index (χ1v) is 7.32. The van der Waals surface area contributed by atoms with Gasteiger partial charge in [-0.25, -0.2) is 0 Å². The number of hydrogen-bond acceptors (Lipinski definition) is 3. The van der Waals surface area contributed by atoms with E-state index < -0.39 is 0 Å². The van der Waals surface area contributed by atoms with E-state index in [9.17, 15) is 0 Å². The van der Waals surface area contributed by atoms with Crippen LogP contribution < -0.4 is 15.4 Å². The molecule has 106 valence electrons. The predicted octanol–water partition coefficient (Wildman–Crippen LogP) is 3.68. The number of hydrogen-bond donors (Lipinski definition) is 1. The standard InChI is InChI=1S/C16H26N2O/c1-4-8-16(9-5-2)11-18(12-16)13-6-7-14(17)15(10-13)19-3/h6-7,10H,4-5,8-9,11-12,17H2,1-3H3. The van der Waals surface area contributed by atoms with Crippen molar-refractivity contribution in [2.45, 2.75) is 39.5 Å². The van der Waals surface area contributed by atoms with Gasteiger partial charge in [-0.05, 0) is 25.0 Å². The number of ether oxygens (including phenoxy) is 1. The van der Waals surface area contributed by atoms with Gasteiger partial charge >= 0.3 is 0 Å². The van der Waals surface area contributed by atoms with E-state index >= 15 is 0 Å². The lowest BCUT2D eigenvalue weighted by Crippen LogP contribution is -2.56. The van der Waals surface area contributed by atoms with Crippen LogP contribution in [-0.2, 0) is 0 Å². The first kappa shape index (κ1) is 14.0. The Morgan fingerprint density at radius 1 is 1.21 bits per heavy atom. The maximum absolute atomic E-state index is 5.86. The average molecular weight is 262 g/mol. The fraction of sp³-hybridized carbons (Fsp3) is 0.625. The lowest BCUT2D eigenvalue weighted by molar-refractivity contribution is 0.173. The van der Waals surface area contributed by atoms with Crippen molar-refractivity contribution in [2.75, 3.05) is 30.8 Å². The van der Waals surface area contributed by atoms with Gasteiger partial charge in [0, 0.05) is 30.3 Å². The van der Waals surface area contributed by atoms with Gasteiger partial charge in [0.2, 0.25) is 0 Å². The van der Waals surface area contributed by atoms with Crippen molar-refractivity contribution in [3.05, 3.63) is 18.2 Å². The second-order valence-electron chi connectivity index (χ2n) is 5.78. The second-order valence-corrected chi connectivity index (χ2v) is 5.78. The van der Waals surface area contributed by atoms with Gasteiger partial charge in [0.25, 0.3) is 0 Å². The fourth-order valence-corrected chi connectivity index (χ4v) is 3.34. The average Bonchev–Trinajstić information content (AvgIpc) is 2.36. The molecule has 3 heteroatoms. The topological polar surface area (TPSA) is 38.5 Å². The van der Waals surface area contributed by atoms with Gasteiger partial charge in [0.05, 0.1) is 12.8 Å². The molecule has 2 rings (SSSR count). The van der Waals surface area contributed by atoms with Crippen molar-refractivity contribution in [1.82, 2.24) is 0 Å². The Kier molecular flexibility index (Phi) is 4.23. The van der Waals surface area contributed by atoms with Crippen LogP contribution in [0.2, 0.25) is 0 Å². The van der Waals surface area contributed by atoms with Crippen molar-refractivity contribution in [3.8, 4) is 5.75 Å². The molecule has 1 aliphatic heterocycles. The molecule has 1 aromatic rings. The lowest BCUT2D eigenvalue weighted by atomic mass is 9.72. The Labute approximate surface area is 116 Å².